The molecule has 2 aromatic carbocycles. The number of aromatic nitrogens is 1. The van der Waals surface area contributed by atoms with Crippen LogP contribution in [0.3, 0.4) is 0 Å². The van der Waals surface area contributed by atoms with E-state index in [1.165, 1.54) is 16.3 Å². The summed E-state index contributed by atoms with van der Waals surface area (Å²) in [5, 5.41) is 3.67. The number of furan rings is 1. The largest absolute Gasteiger partial charge is 0.464 e. The molecular weight excluding hydrogens is 198 g/mol. The fraction of sp³-hybridized carbons (Fsp3) is 0. The van der Waals surface area contributed by atoms with E-state index in [0.29, 0.717) is 0 Å². The molecule has 16 heavy (non-hydrogen) atoms. The Morgan fingerprint density at radius 1 is 0.875 bits per heavy atom. The van der Waals surface area contributed by atoms with Crippen molar-refractivity contribution in [1.82, 2.24) is 4.98 Å². The summed E-state index contributed by atoms with van der Waals surface area (Å²) in [6, 6.07) is 14.6. The van der Waals surface area contributed by atoms with Gasteiger partial charge in [-0.3, -0.25) is 0 Å². The van der Waals surface area contributed by atoms with E-state index in [-0.39, 0.29) is 0 Å². The van der Waals surface area contributed by atoms with Gasteiger partial charge in [-0.15, -0.1) is 0 Å². The minimum absolute atomic E-state index is 0.930. The van der Waals surface area contributed by atoms with E-state index < -0.39 is 0 Å². The number of benzene rings is 2. The fourth-order valence-corrected chi connectivity index (χ4v) is 2.31. The van der Waals surface area contributed by atoms with E-state index in [4.69, 9.17) is 4.42 Å². The van der Waals surface area contributed by atoms with Gasteiger partial charge in [-0.05, 0) is 18.2 Å². The third-order valence-electron chi connectivity index (χ3n) is 3.08. The molecule has 0 spiro atoms. The van der Waals surface area contributed by atoms with E-state index in [9.17, 15) is 0 Å². The highest BCUT2D eigenvalue weighted by Gasteiger charge is 2.06. The van der Waals surface area contributed by atoms with E-state index in [0.717, 1.165) is 16.5 Å². The van der Waals surface area contributed by atoms with Crippen LogP contribution in [0.25, 0.3) is 32.8 Å². The smallest absolute Gasteiger partial charge is 0.135 e. The molecule has 0 bridgehead atoms. The number of para-hydroxylation sites is 1. The standard InChI is InChI=1S/C14H9NO/c1-2-4-12-10(3-1)11-7-9-5-6-16-14(9)8-13(11)15-12/h1-8,15H. The number of hydrogen-bond acceptors (Lipinski definition) is 1. The predicted octanol–water partition coefficient (Wildman–Crippen LogP) is 4.07. The Morgan fingerprint density at radius 2 is 1.81 bits per heavy atom. The summed E-state index contributed by atoms with van der Waals surface area (Å²) in [7, 11) is 0. The molecule has 4 rings (SSSR count). The molecule has 0 saturated heterocycles. The predicted molar refractivity (Wildman–Crippen MR) is 65.6 cm³/mol. The monoisotopic (exact) mass is 207 g/mol. The summed E-state index contributed by atoms with van der Waals surface area (Å²) >= 11 is 0. The highest BCUT2D eigenvalue weighted by molar-refractivity contribution is 6.11. The maximum absolute atomic E-state index is 5.40. The molecule has 4 aromatic rings. The highest BCUT2D eigenvalue weighted by atomic mass is 16.3. The van der Waals surface area contributed by atoms with Gasteiger partial charge < -0.3 is 9.40 Å². The normalized spacial score (nSPS) is 11.8. The zero-order valence-corrected chi connectivity index (χ0v) is 8.53. The van der Waals surface area contributed by atoms with Gasteiger partial charge in [0.2, 0.25) is 0 Å². The molecule has 2 heterocycles. The van der Waals surface area contributed by atoms with Crippen molar-refractivity contribution in [2.45, 2.75) is 0 Å². The Balaban J connectivity index is 2.32. The summed E-state index contributed by atoms with van der Waals surface area (Å²) in [6.07, 6.45) is 1.73. The minimum atomic E-state index is 0.930. The zero-order chi connectivity index (χ0) is 10.5. The molecule has 2 aromatic heterocycles. The van der Waals surface area contributed by atoms with Crippen LogP contribution < -0.4 is 0 Å². The molecular formula is C14H9NO. The van der Waals surface area contributed by atoms with Crippen LogP contribution >= 0.6 is 0 Å². The van der Waals surface area contributed by atoms with Crippen LogP contribution in [0.5, 0.6) is 0 Å². The van der Waals surface area contributed by atoms with E-state index in [1.807, 2.05) is 12.1 Å². The molecule has 0 atom stereocenters. The second kappa shape index (κ2) is 2.67. The molecule has 0 aliphatic carbocycles. The van der Waals surface area contributed by atoms with Crippen molar-refractivity contribution in [2.75, 3.05) is 0 Å². The quantitative estimate of drug-likeness (QED) is 0.462. The lowest BCUT2D eigenvalue weighted by Crippen LogP contribution is -1.67. The van der Waals surface area contributed by atoms with Crippen molar-refractivity contribution in [2.24, 2.45) is 0 Å². The second-order valence-electron chi connectivity index (χ2n) is 4.03. The van der Waals surface area contributed by atoms with Crippen molar-refractivity contribution in [1.29, 1.82) is 0 Å². The lowest BCUT2D eigenvalue weighted by Gasteiger charge is -1.91. The first-order valence-electron chi connectivity index (χ1n) is 5.29. The van der Waals surface area contributed by atoms with Crippen LogP contribution in [0.15, 0.2) is 53.1 Å². The first-order chi connectivity index (χ1) is 7.92. The molecule has 0 radical (unpaired) electrons. The van der Waals surface area contributed by atoms with Crippen LogP contribution in [0.4, 0.5) is 0 Å². The van der Waals surface area contributed by atoms with E-state index >= 15 is 0 Å². The summed E-state index contributed by atoms with van der Waals surface area (Å²) < 4.78 is 5.40. The molecule has 2 heteroatoms. The van der Waals surface area contributed by atoms with Gasteiger partial charge in [0.25, 0.3) is 0 Å². The number of H-pyrrole nitrogens is 1. The Hall–Kier alpha value is -2.22. The fourth-order valence-electron chi connectivity index (χ4n) is 2.31. The first kappa shape index (κ1) is 7.99. The Bertz CT molecular complexity index is 807. The van der Waals surface area contributed by atoms with Gasteiger partial charge in [0, 0.05) is 27.7 Å². The Labute approximate surface area is 91.5 Å². The van der Waals surface area contributed by atoms with Crippen molar-refractivity contribution >= 4 is 32.8 Å². The molecule has 0 amide bonds. The van der Waals surface area contributed by atoms with Gasteiger partial charge >= 0.3 is 0 Å². The Morgan fingerprint density at radius 3 is 2.81 bits per heavy atom. The zero-order valence-electron chi connectivity index (χ0n) is 8.53. The lowest BCUT2D eigenvalue weighted by molar-refractivity contribution is 0.616. The maximum Gasteiger partial charge on any atom is 0.135 e. The average Bonchev–Trinajstić information content (AvgIpc) is 2.88. The van der Waals surface area contributed by atoms with Crippen molar-refractivity contribution in [3.05, 3.63) is 48.7 Å². The number of nitrogens with one attached hydrogen (secondary N) is 1. The number of aromatic amines is 1. The second-order valence-corrected chi connectivity index (χ2v) is 4.03. The average molecular weight is 207 g/mol. The van der Waals surface area contributed by atoms with Crippen molar-refractivity contribution in [3.8, 4) is 0 Å². The van der Waals surface area contributed by atoms with Gasteiger partial charge in [0.1, 0.15) is 5.58 Å². The van der Waals surface area contributed by atoms with Crippen LogP contribution in [-0.4, -0.2) is 4.98 Å². The van der Waals surface area contributed by atoms with Crippen LogP contribution in [0, 0.1) is 0 Å². The topological polar surface area (TPSA) is 28.9 Å². The number of fused-ring (bicyclic) bond motifs is 4. The minimum Gasteiger partial charge on any atom is -0.464 e. The molecule has 2 nitrogen and oxygen atoms in total. The third kappa shape index (κ3) is 0.910. The number of hydrogen-bond donors (Lipinski definition) is 1. The van der Waals surface area contributed by atoms with Crippen molar-refractivity contribution in [3.63, 3.8) is 0 Å². The molecule has 0 aliphatic heterocycles. The first-order valence-corrected chi connectivity index (χ1v) is 5.29. The summed E-state index contributed by atoms with van der Waals surface area (Å²) in [4.78, 5) is 3.40. The summed E-state index contributed by atoms with van der Waals surface area (Å²) in [6.45, 7) is 0. The maximum atomic E-state index is 5.40. The van der Waals surface area contributed by atoms with Gasteiger partial charge in [0.15, 0.2) is 0 Å². The van der Waals surface area contributed by atoms with Gasteiger partial charge in [-0.2, -0.15) is 0 Å². The number of rotatable bonds is 0. The molecule has 1 N–H and O–H groups in total. The highest BCUT2D eigenvalue weighted by Crippen LogP contribution is 2.29. The molecule has 76 valence electrons. The van der Waals surface area contributed by atoms with E-state index in [2.05, 4.69) is 35.3 Å². The Kier molecular flexibility index (Phi) is 1.33. The van der Waals surface area contributed by atoms with Gasteiger partial charge in [-0.25, -0.2) is 0 Å². The van der Waals surface area contributed by atoms with E-state index in [1.54, 1.807) is 6.26 Å². The molecule has 0 saturated carbocycles. The van der Waals surface area contributed by atoms with Crippen molar-refractivity contribution < 1.29 is 4.42 Å². The third-order valence-corrected chi connectivity index (χ3v) is 3.08. The van der Waals surface area contributed by atoms with Crippen LogP contribution in [-0.2, 0) is 0 Å². The lowest BCUT2D eigenvalue weighted by atomic mass is 10.1. The van der Waals surface area contributed by atoms with Gasteiger partial charge in [-0.1, -0.05) is 18.2 Å². The van der Waals surface area contributed by atoms with Crippen LogP contribution in [0.1, 0.15) is 0 Å². The SMILES string of the molecule is c1ccc2c(c1)[nH]c1cc3occc3cc12. The van der Waals surface area contributed by atoms with Gasteiger partial charge in [0.05, 0.1) is 11.8 Å². The molecule has 0 fully saturated rings. The van der Waals surface area contributed by atoms with Crippen LogP contribution in [0.2, 0.25) is 0 Å². The molecule has 0 aliphatic rings. The summed E-state index contributed by atoms with van der Waals surface area (Å²) in [5.74, 6) is 0. The summed E-state index contributed by atoms with van der Waals surface area (Å²) in [5.41, 5.74) is 3.23. The molecule has 0 unspecified atom stereocenters.